The highest BCUT2D eigenvalue weighted by molar-refractivity contribution is 5.22. The van der Waals surface area contributed by atoms with Crippen molar-refractivity contribution < 1.29 is 24.0 Å². The molecule has 5 saturated heterocycles. The fourth-order valence-corrected chi connectivity index (χ4v) is 7.36. The van der Waals surface area contributed by atoms with Crippen molar-refractivity contribution in [3.05, 3.63) is 35.4 Å². The predicted molar refractivity (Wildman–Crippen MR) is 127 cm³/mol. The van der Waals surface area contributed by atoms with Crippen molar-refractivity contribution in [1.29, 1.82) is 0 Å². The Hall–Kier alpha value is -1.02. The molecule has 0 unspecified atom stereocenters. The molecule has 0 aromatic heterocycles. The van der Waals surface area contributed by atoms with Gasteiger partial charge >= 0.3 is 0 Å². The van der Waals surface area contributed by atoms with Crippen LogP contribution in [0, 0.1) is 23.7 Å². The Morgan fingerprint density at radius 2 is 1.71 bits per heavy atom. The van der Waals surface area contributed by atoms with Crippen molar-refractivity contribution in [3.63, 3.8) is 0 Å². The van der Waals surface area contributed by atoms with Crippen molar-refractivity contribution in [1.82, 2.24) is 4.90 Å². The molecule has 2 bridgehead atoms. The number of ether oxygens (including phenoxy) is 3. The fraction of sp³-hybridized carbons (Fsp3) is 0.786. The van der Waals surface area contributed by atoms with E-state index in [9.17, 15) is 0 Å². The molecule has 6 aliphatic rings. The number of fused-ring (bicyclic) bond motifs is 2. The molecule has 1 aromatic carbocycles. The summed E-state index contributed by atoms with van der Waals surface area (Å²) >= 11 is 0. The van der Waals surface area contributed by atoms with Gasteiger partial charge in [-0.1, -0.05) is 44.5 Å². The molecule has 1 aliphatic carbocycles. The number of hydrogen-bond acceptors (Lipinski definition) is 6. The Balaban J connectivity index is 1.13. The topological polar surface area (TPSA) is 49.4 Å². The third kappa shape index (κ3) is 4.04. The Morgan fingerprint density at radius 1 is 0.941 bits per heavy atom. The Bertz CT molecular complexity index is 857. The van der Waals surface area contributed by atoms with Crippen molar-refractivity contribution in [2.75, 3.05) is 13.1 Å². The minimum Gasteiger partial charge on any atom is -0.348 e. The SMILES string of the molecule is C[C@H]1[C@@H](OCc2ccc(CN3CCCCC3)cc2)O[C@@H]2O[C@]3(C)CC[C@H]4[C@H](C)CC[C@@H]1[C@@]24OO3. The van der Waals surface area contributed by atoms with Gasteiger partial charge in [0.15, 0.2) is 18.2 Å². The summed E-state index contributed by atoms with van der Waals surface area (Å²) in [5.41, 5.74) is 2.04. The number of rotatable bonds is 5. The predicted octanol–water partition coefficient (Wildman–Crippen LogP) is 5.40. The lowest BCUT2D eigenvalue weighted by Crippen LogP contribution is -2.70. The highest BCUT2D eigenvalue weighted by Crippen LogP contribution is 2.60. The lowest BCUT2D eigenvalue weighted by Gasteiger charge is -2.60. The van der Waals surface area contributed by atoms with Gasteiger partial charge in [-0.25, -0.2) is 9.78 Å². The molecule has 5 aliphatic heterocycles. The van der Waals surface area contributed by atoms with Gasteiger partial charge < -0.3 is 14.2 Å². The minimum atomic E-state index is -0.743. The first-order chi connectivity index (χ1) is 16.5. The smallest absolute Gasteiger partial charge is 0.201 e. The third-order valence-corrected chi connectivity index (χ3v) is 9.39. The zero-order valence-corrected chi connectivity index (χ0v) is 21.0. The summed E-state index contributed by atoms with van der Waals surface area (Å²) in [6.07, 6.45) is 7.46. The number of piperidine rings is 1. The van der Waals surface area contributed by atoms with Crippen LogP contribution in [0.4, 0.5) is 0 Å². The van der Waals surface area contributed by atoms with Gasteiger partial charge in [-0.05, 0) is 75.1 Å². The van der Waals surface area contributed by atoms with Gasteiger partial charge in [0, 0.05) is 24.8 Å². The molecule has 7 rings (SSSR count). The second-order valence-corrected chi connectivity index (χ2v) is 11.7. The van der Waals surface area contributed by atoms with E-state index in [1.165, 1.54) is 49.9 Å². The molecular weight excluding hydrogens is 430 g/mol. The summed E-state index contributed by atoms with van der Waals surface area (Å²) in [6.45, 7) is 10.6. The van der Waals surface area contributed by atoms with Gasteiger partial charge in [0.05, 0.1) is 6.61 Å². The van der Waals surface area contributed by atoms with Crippen LogP contribution in [0.5, 0.6) is 0 Å². The Kier molecular flexibility index (Phi) is 6.28. The van der Waals surface area contributed by atoms with Crippen LogP contribution in [-0.2, 0) is 37.1 Å². The Labute approximate surface area is 204 Å². The number of likely N-dealkylation sites (tertiary alicyclic amines) is 1. The largest absolute Gasteiger partial charge is 0.348 e. The van der Waals surface area contributed by atoms with E-state index >= 15 is 0 Å². The van der Waals surface area contributed by atoms with Gasteiger partial charge in [0.2, 0.25) is 5.79 Å². The average molecular weight is 472 g/mol. The molecule has 6 fully saturated rings. The number of benzene rings is 1. The molecule has 1 saturated carbocycles. The summed E-state index contributed by atoms with van der Waals surface area (Å²) in [7, 11) is 0. The summed E-state index contributed by atoms with van der Waals surface area (Å²) in [5.74, 6) is 0.721. The second kappa shape index (κ2) is 9.13. The molecule has 6 heteroatoms. The summed E-state index contributed by atoms with van der Waals surface area (Å²) in [5, 5.41) is 0. The van der Waals surface area contributed by atoms with Crippen LogP contribution >= 0.6 is 0 Å². The molecular formula is C28H41NO5. The quantitative estimate of drug-likeness (QED) is 0.536. The molecule has 1 spiro atoms. The maximum Gasteiger partial charge on any atom is 0.201 e. The molecule has 0 amide bonds. The zero-order valence-electron chi connectivity index (χ0n) is 21.0. The molecule has 188 valence electrons. The third-order valence-electron chi connectivity index (χ3n) is 9.39. The van der Waals surface area contributed by atoms with Crippen molar-refractivity contribution in [3.8, 4) is 0 Å². The van der Waals surface area contributed by atoms with Crippen LogP contribution in [0.3, 0.4) is 0 Å². The van der Waals surface area contributed by atoms with Crippen LogP contribution < -0.4 is 0 Å². The molecule has 34 heavy (non-hydrogen) atoms. The summed E-state index contributed by atoms with van der Waals surface area (Å²) in [6, 6.07) is 8.91. The summed E-state index contributed by atoms with van der Waals surface area (Å²) < 4.78 is 19.4. The zero-order chi connectivity index (χ0) is 23.3. The van der Waals surface area contributed by atoms with Gasteiger partial charge in [0.1, 0.15) is 0 Å². The first-order valence-corrected chi connectivity index (χ1v) is 13.6. The lowest BCUT2D eigenvalue weighted by atomic mass is 9.58. The van der Waals surface area contributed by atoms with E-state index in [2.05, 4.69) is 43.0 Å². The molecule has 1 aromatic rings. The molecule has 6 nitrogen and oxygen atoms in total. The van der Waals surface area contributed by atoms with E-state index in [4.69, 9.17) is 24.0 Å². The van der Waals surface area contributed by atoms with Crippen LogP contribution in [-0.4, -0.2) is 42.0 Å². The standard InChI is InChI=1S/C28H41NO5/c1-19-7-12-24-20(2)25(31-26-28(24)23(19)13-14-27(3,32-26)33-34-28)30-18-22-10-8-21(9-11-22)17-29-15-5-4-6-16-29/h8-11,19-20,23-26H,4-7,12-18H2,1-3H3/t19-,20-,23+,24+,25+,26-,27+,28-/m1/s1. The van der Waals surface area contributed by atoms with Crippen LogP contribution in [0.15, 0.2) is 24.3 Å². The van der Waals surface area contributed by atoms with E-state index in [0.717, 1.165) is 25.8 Å². The summed E-state index contributed by atoms with van der Waals surface area (Å²) in [4.78, 5) is 14.7. The molecule has 0 radical (unpaired) electrons. The van der Waals surface area contributed by atoms with Crippen molar-refractivity contribution in [2.45, 2.75) is 103 Å². The number of hydrogen-bond donors (Lipinski definition) is 0. The molecule has 5 heterocycles. The van der Waals surface area contributed by atoms with Crippen LogP contribution in [0.25, 0.3) is 0 Å². The van der Waals surface area contributed by atoms with Gasteiger partial charge in [-0.2, -0.15) is 0 Å². The number of nitrogens with zero attached hydrogens (tertiary/aromatic N) is 1. The van der Waals surface area contributed by atoms with Gasteiger partial charge in [-0.15, -0.1) is 0 Å². The van der Waals surface area contributed by atoms with E-state index in [-0.39, 0.29) is 12.2 Å². The lowest BCUT2D eigenvalue weighted by molar-refractivity contribution is -0.577. The van der Waals surface area contributed by atoms with Crippen LogP contribution in [0.1, 0.15) is 76.8 Å². The van der Waals surface area contributed by atoms with E-state index < -0.39 is 17.7 Å². The van der Waals surface area contributed by atoms with Crippen LogP contribution in [0.2, 0.25) is 0 Å². The first kappa shape index (κ1) is 23.4. The highest BCUT2D eigenvalue weighted by atomic mass is 17.3. The molecule has 8 atom stereocenters. The van der Waals surface area contributed by atoms with E-state index in [0.29, 0.717) is 24.4 Å². The van der Waals surface area contributed by atoms with Crippen molar-refractivity contribution >= 4 is 0 Å². The monoisotopic (exact) mass is 471 g/mol. The average Bonchev–Trinajstić information content (AvgIpc) is 3.08. The van der Waals surface area contributed by atoms with E-state index in [1.54, 1.807) is 0 Å². The second-order valence-electron chi connectivity index (χ2n) is 11.7. The maximum absolute atomic E-state index is 6.55. The Morgan fingerprint density at radius 3 is 2.50 bits per heavy atom. The normalized spacial score (nSPS) is 44.4. The fourth-order valence-electron chi connectivity index (χ4n) is 7.36. The van der Waals surface area contributed by atoms with Gasteiger partial charge in [0.25, 0.3) is 0 Å². The van der Waals surface area contributed by atoms with Crippen molar-refractivity contribution in [2.24, 2.45) is 23.7 Å². The van der Waals surface area contributed by atoms with Gasteiger partial charge in [-0.3, -0.25) is 4.90 Å². The minimum absolute atomic E-state index is 0.208. The molecule has 0 N–H and O–H groups in total. The highest BCUT2D eigenvalue weighted by Gasteiger charge is 2.69. The van der Waals surface area contributed by atoms with E-state index in [1.807, 2.05) is 6.92 Å². The maximum atomic E-state index is 6.55. The first-order valence-electron chi connectivity index (χ1n) is 13.6.